The van der Waals surface area contributed by atoms with Crippen molar-refractivity contribution in [3.63, 3.8) is 0 Å². The molecule has 11 heteroatoms. The van der Waals surface area contributed by atoms with Gasteiger partial charge in [0, 0.05) is 37.3 Å². The first-order valence-corrected chi connectivity index (χ1v) is 10.5. The van der Waals surface area contributed by atoms with Crippen molar-refractivity contribution >= 4 is 35.0 Å². The van der Waals surface area contributed by atoms with E-state index in [0.29, 0.717) is 23.1 Å². The zero-order valence-corrected chi connectivity index (χ0v) is 17.8. The maximum atomic E-state index is 13.0. The molecule has 0 bridgehead atoms. The summed E-state index contributed by atoms with van der Waals surface area (Å²) in [5.74, 6) is -0.905. The number of carbonyl (C=O) groups excluding carboxylic acids is 2. The molecule has 2 aromatic rings. The van der Waals surface area contributed by atoms with Crippen molar-refractivity contribution in [2.45, 2.75) is 39.0 Å². The largest absolute Gasteiger partial charge is 0.342 e. The summed E-state index contributed by atoms with van der Waals surface area (Å²) in [6.07, 6.45) is 1.76. The fourth-order valence-corrected chi connectivity index (χ4v) is 4.08. The van der Waals surface area contributed by atoms with Crippen LogP contribution < -0.4 is 21.1 Å². The van der Waals surface area contributed by atoms with Gasteiger partial charge in [-0.2, -0.15) is 4.98 Å². The molecule has 0 spiro atoms. The highest BCUT2D eigenvalue weighted by Gasteiger charge is 2.35. The van der Waals surface area contributed by atoms with Gasteiger partial charge in [-0.15, -0.1) is 0 Å². The second-order valence-corrected chi connectivity index (χ2v) is 8.37. The van der Waals surface area contributed by atoms with Crippen molar-refractivity contribution in [3.8, 4) is 0 Å². The summed E-state index contributed by atoms with van der Waals surface area (Å²) in [5.41, 5.74) is 0.412. The Balaban J connectivity index is 1.61. The Morgan fingerprint density at radius 2 is 2.00 bits per heavy atom. The molecule has 1 aromatic heterocycles. The minimum Gasteiger partial charge on any atom is -0.342 e. The average molecular weight is 440 g/mol. The summed E-state index contributed by atoms with van der Waals surface area (Å²) in [6.45, 7) is 5.31. The summed E-state index contributed by atoms with van der Waals surface area (Å²) in [6, 6.07) is 4.06. The maximum absolute atomic E-state index is 13.0. The molecule has 32 heavy (non-hydrogen) atoms. The molecular formula is C21H24N6O5. The smallest absolute Gasteiger partial charge is 0.269 e. The van der Waals surface area contributed by atoms with E-state index in [-0.39, 0.29) is 23.5 Å². The predicted molar refractivity (Wildman–Crippen MR) is 118 cm³/mol. The molecule has 1 aromatic carbocycles. The lowest BCUT2D eigenvalue weighted by Crippen LogP contribution is -2.39. The van der Waals surface area contributed by atoms with E-state index in [9.17, 15) is 24.5 Å². The lowest BCUT2D eigenvalue weighted by atomic mass is 9.92. The van der Waals surface area contributed by atoms with Gasteiger partial charge in [-0.05, 0) is 37.3 Å². The third-order valence-corrected chi connectivity index (χ3v) is 6.02. The second kappa shape index (κ2) is 8.40. The third-order valence-electron chi connectivity index (χ3n) is 6.02. The molecular weight excluding hydrogens is 416 g/mol. The van der Waals surface area contributed by atoms with Crippen LogP contribution in [0.1, 0.15) is 43.2 Å². The lowest BCUT2D eigenvalue weighted by Gasteiger charge is -2.31. The second-order valence-electron chi connectivity index (χ2n) is 8.37. The van der Waals surface area contributed by atoms with E-state index in [1.165, 1.54) is 18.2 Å². The van der Waals surface area contributed by atoms with Crippen LogP contribution >= 0.6 is 0 Å². The number of rotatable bonds is 4. The number of nitrogens with zero attached hydrogens (tertiary/aromatic N) is 3. The van der Waals surface area contributed by atoms with Gasteiger partial charge >= 0.3 is 0 Å². The average Bonchev–Trinajstić information content (AvgIpc) is 2.74. The van der Waals surface area contributed by atoms with Crippen molar-refractivity contribution in [1.29, 1.82) is 0 Å². The monoisotopic (exact) mass is 440 g/mol. The minimum atomic E-state index is -1.03. The van der Waals surface area contributed by atoms with E-state index in [1.54, 1.807) is 6.92 Å². The fraction of sp³-hybridized carbons (Fsp3) is 0.429. The number of hydrogen-bond donors (Lipinski definition) is 3. The van der Waals surface area contributed by atoms with Crippen molar-refractivity contribution < 1.29 is 14.5 Å². The fourth-order valence-electron chi connectivity index (χ4n) is 4.08. The SMILES string of the molecule is Cc1cc([N+](=O)[O-])ccc1NC(=O)[C@H]1CC(=O)Nc2nc(N3CCC(C)CC3)[nH]c(=O)c21. The number of nitro groups is 1. The number of fused-ring (bicyclic) bond motifs is 1. The number of amides is 2. The molecule has 2 aliphatic heterocycles. The maximum Gasteiger partial charge on any atom is 0.269 e. The first-order valence-electron chi connectivity index (χ1n) is 10.5. The van der Waals surface area contributed by atoms with Crippen LogP contribution in [-0.4, -0.2) is 39.8 Å². The molecule has 3 N–H and O–H groups in total. The third kappa shape index (κ3) is 4.18. The first kappa shape index (κ1) is 21.5. The number of H-pyrrole nitrogens is 1. The number of aromatic nitrogens is 2. The zero-order chi connectivity index (χ0) is 23.0. The number of piperidine rings is 1. The summed E-state index contributed by atoms with van der Waals surface area (Å²) in [4.78, 5) is 57.8. The van der Waals surface area contributed by atoms with Crippen molar-refractivity contribution in [2.24, 2.45) is 5.92 Å². The van der Waals surface area contributed by atoms with Crippen LogP contribution in [0.4, 0.5) is 23.1 Å². The quantitative estimate of drug-likeness (QED) is 0.487. The van der Waals surface area contributed by atoms with Crippen LogP contribution in [0.15, 0.2) is 23.0 Å². The standard InChI is InChI=1S/C21H24N6O5/c1-11-5-7-26(8-6-11)21-24-18-17(20(30)25-21)14(10-16(28)23-18)19(29)22-15-4-3-13(27(31)32)9-12(15)2/h3-4,9,11,14H,5-8,10H2,1-2H3,(H,22,29)(H2,23,24,25,28,30)/t14-/m0/s1. The molecule has 3 heterocycles. The number of nitro benzene ring substituents is 1. The molecule has 0 unspecified atom stereocenters. The molecule has 1 saturated heterocycles. The summed E-state index contributed by atoms with van der Waals surface area (Å²) < 4.78 is 0. The Morgan fingerprint density at radius 1 is 1.28 bits per heavy atom. The molecule has 2 amide bonds. The van der Waals surface area contributed by atoms with Crippen LogP contribution in [0, 0.1) is 23.0 Å². The van der Waals surface area contributed by atoms with Gasteiger partial charge in [0.15, 0.2) is 0 Å². The molecule has 0 saturated carbocycles. The molecule has 1 atom stereocenters. The number of hydrogen-bond acceptors (Lipinski definition) is 7. The summed E-state index contributed by atoms with van der Waals surface area (Å²) >= 11 is 0. The molecule has 11 nitrogen and oxygen atoms in total. The first-order chi connectivity index (χ1) is 15.2. The molecule has 1 fully saturated rings. The van der Waals surface area contributed by atoms with Gasteiger partial charge in [-0.1, -0.05) is 6.92 Å². The highest BCUT2D eigenvalue weighted by molar-refractivity contribution is 6.04. The minimum absolute atomic E-state index is 0.0943. The highest BCUT2D eigenvalue weighted by Crippen LogP contribution is 2.31. The molecule has 0 radical (unpaired) electrons. The Kier molecular flexibility index (Phi) is 5.64. The van der Waals surface area contributed by atoms with Crippen LogP contribution in [0.2, 0.25) is 0 Å². The Hall–Kier alpha value is -3.76. The van der Waals surface area contributed by atoms with E-state index in [4.69, 9.17) is 0 Å². The topological polar surface area (TPSA) is 150 Å². The molecule has 168 valence electrons. The van der Waals surface area contributed by atoms with Crippen molar-refractivity contribution in [2.75, 3.05) is 28.6 Å². The zero-order valence-electron chi connectivity index (χ0n) is 17.8. The van der Waals surface area contributed by atoms with Crippen LogP contribution in [0.5, 0.6) is 0 Å². The lowest BCUT2D eigenvalue weighted by molar-refractivity contribution is -0.384. The Morgan fingerprint density at radius 3 is 2.66 bits per heavy atom. The van der Waals surface area contributed by atoms with Crippen LogP contribution in [0.3, 0.4) is 0 Å². The summed E-state index contributed by atoms with van der Waals surface area (Å²) in [7, 11) is 0. The van der Waals surface area contributed by atoms with E-state index >= 15 is 0 Å². The predicted octanol–water partition coefficient (Wildman–Crippen LogP) is 2.29. The number of aromatic amines is 1. The van der Waals surface area contributed by atoms with E-state index in [1.807, 2.05) is 4.90 Å². The van der Waals surface area contributed by atoms with Gasteiger partial charge in [-0.3, -0.25) is 29.5 Å². The Bertz CT molecular complexity index is 1150. The van der Waals surface area contributed by atoms with Gasteiger partial charge in [0.05, 0.1) is 16.4 Å². The van der Waals surface area contributed by atoms with E-state index in [2.05, 4.69) is 27.5 Å². The number of aryl methyl sites for hydroxylation is 1. The van der Waals surface area contributed by atoms with Gasteiger partial charge in [0.1, 0.15) is 5.82 Å². The number of carbonyl (C=O) groups is 2. The number of nitrogens with one attached hydrogen (secondary N) is 3. The molecule has 2 aliphatic rings. The van der Waals surface area contributed by atoms with Crippen molar-refractivity contribution in [1.82, 2.24) is 9.97 Å². The van der Waals surface area contributed by atoms with Gasteiger partial charge in [-0.25, -0.2) is 0 Å². The number of non-ortho nitro benzene ring substituents is 1. The van der Waals surface area contributed by atoms with Crippen LogP contribution in [0.25, 0.3) is 0 Å². The summed E-state index contributed by atoms with van der Waals surface area (Å²) in [5, 5.41) is 16.2. The highest BCUT2D eigenvalue weighted by atomic mass is 16.6. The van der Waals surface area contributed by atoms with Gasteiger partial charge in [0.2, 0.25) is 17.8 Å². The van der Waals surface area contributed by atoms with Gasteiger partial charge in [0.25, 0.3) is 11.2 Å². The molecule has 4 rings (SSSR count). The Labute approximate surface area is 183 Å². The van der Waals surface area contributed by atoms with E-state index < -0.39 is 28.2 Å². The normalized spacial score (nSPS) is 18.6. The number of benzene rings is 1. The van der Waals surface area contributed by atoms with E-state index in [0.717, 1.165) is 25.9 Å². The van der Waals surface area contributed by atoms with Crippen LogP contribution in [-0.2, 0) is 9.59 Å². The number of anilines is 3. The van der Waals surface area contributed by atoms with Gasteiger partial charge < -0.3 is 15.5 Å². The van der Waals surface area contributed by atoms with Crippen molar-refractivity contribution in [3.05, 3.63) is 49.8 Å². The molecule has 0 aliphatic carbocycles.